The average Bonchev–Trinajstić information content (AvgIpc) is 3.13. The first kappa shape index (κ1) is 12.4. The number of nitrogens with one attached hydrogen (secondary N) is 1. The molecule has 0 saturated carbocycles. The lowest BCUT2D eigenvalue weighted by Gasteiger charge is -2.04. The van der Waals surface area contributed by atoms with Crippen molar-refractivity contribution in [1.29, 1.82) is 0 Å². The van der Waals surface area contributed by atoms with Gasteiger partial charge < -0.3 is 0 Å². The second-order valence-electron chi connectivity index (χ2n) is 3.99. The molecule has 0 spiro atoms. The van der Waals surface area contributed by atoms with E-state index >= 15 is 0 Å². The van der Waals surface area contributed by atoms with Crippen LogP contribution in [0.3, 0.4) is 0 Å². The number of aromatic nitrogens is 5. The second kappa shape index (κ2) is 5.57. The standard InChI is InChI=1S/C12H10N6OS/c19-11(16-12-17-14-8-20-12)10-3-1-9(2-4-10)5-18-7-13-6-15-18/h1-4,6-8H,5H2,(H,16,17,19). The highest BCUT2D eigenvalue weighted by Gasteiger charge is 2.07. The maximum absolute atomic E-state index is 11.9. The summed E-state index contributed by atoms with van der Waals surface area (Å²) >= 11 is 1.28. The predicted octanol–water partition coefficient (Wildman–Crippen LogP) is 1.43. The van der Waals surface area contributed by atoms with Gasteiger partial charge in [-0.3, -0.25) is 10.1 Å². The van der Waals surface area contributed by atoms with Crippen molar-refractivity contribution in [3.05, 3.63) is 53.6 Å². The van der Waals surface area contributed by atoms with Gasteiger partial charge in [-0.15, -0.1) is 10.2 Å². The van der Waals surface area contributed by atoms with Gasteiger partial charge in [0.15, 0.2) is 0 Å². The number of hydrogen-bond acceptors (Lipinski definition) is 6. The molecule has 20 heavy (non-hydrogen) atoms. The molecule has 2 heterocycles. The lowest BCUT2D eigenvalue weighted by Crippen LogP contribution is -2.11. The first-order valence-electron chi connectivity index (χ1n) is 5.80. The van der Waals surface area contributed by atoms with Gasteiger partial charge in [0.1, 0.15) is 18.2 Å². The van der Waals surface area contributed by atoms with Crippen molar-refractivity contribution >= 4 is 22.4 Å². The zero-order valence-corrected chi connectivity index (χ0v) is 11.1. The van der Waals surface area contributed by atoms with Crippen LogP contribution in [0.1, 0.15) is 15.9 Å². The molecule has 8 heteroatoms. The van der Waals surface area contributed by atoms with Crippen LogP contribution in [-0.2, 0) is 6.54 Å². The van der Waals surface area contributed by atoms with Gasteiger partial charge in [0.05, 0.1) is 6.54 Å². The molecule has 3 rings (SSSR count). The molecule has 0 saturated heterocycles. The molecule has 1 amide bonds. The summed E-state index contributed by atoms with van der Waals surface area (Å²) in [6.45, 7) is 0.623. The number of hydrogen-bond donors (Lipinski definition) is 1. The summed E-state index contributed by atoms with van der Waals surface area (Å²) in [5.41, 5.74) is 3.18. The fraction of sp³-hybridized carbons (Fsp3) is 0.0833. The van der Waals surface area contributed by atoms with Crippen molar-refractivity contribution in [3.63, 3.8) is 0 Å². The van der Waals surface area contributed by atoms with Crippen molar-refractivity contribution in [2.45, 2.75) is 6.54 Å². The fourth-order valence-corrected chi connectivity index (χ4v) is 2.10. The molecular weight excluding hydrogens is 276 g/mol. The van der Waals surface area contributed by atoms with Gasteiger partial charge in [-0.25, -0.2) is 9.67 Å². The minimum Gasteiger partial charge on any atom is -0.296 e. The van der Waals surface area contributed by atoms with E-state index in [0.29, 0.717) is 17.2 Å². The molecule has 1 aromatic carbocycles. The lowest BCUT2D eigenvalue weighted by molar-refractivity contribution is 0.102. The quantitative estimate of drug-likeness (QED) is 0.784. The number of anilines is 1. The summed E-state index contributed by atoms with van der Waals surface area (Å²) in [5.74, 6) is -0.200. The van der Waals surface area contributed by atoms with Crippen molar-refractivity contribution < 1.29 is 4.79 Å². The number of nitrogens with zero attached hydrogens (tertiary/aromatic N) is 5. The van der Waals surface area contributed by atoms with Crippen LogP contribution in [0, 0.1) is 0 Å². The monoisotopic (exact) mass is 286 g/mol. The zero-order valence-electron chi connectivity index (χ0n) is 10.3. The second-order valence-corrected chi connectivity index (χ2v) is 4.82. The van der Waals surface area contributed by atoms with Crippen LogP contribution in [0.5, 0.6) is 0 Å². The first-order chi connectivity index (χ1) is 9.81. The van der Waals surface area contributed by atoms with E-state index in [2.05, 4.69) is 25.6 Å². The molecule has 2 aromatic heterocycles. The third-order valence-corrected chi connectivity index (χ3v) is 3.21. The number of carbonyl (C=O) groups is 1. The molecule has 0 aliphatic carbocycles. The van der Waals surface area contributed by atoms with Crippen molar-refractivity contribution in [1.82, 2.24) is 25.0 Å². The number of benzene rings is 1. The Morgan fingerprint density at radius 3 is 2.80 bits per heavy atom. The summed E-state index contributed by atoms with van der Waals surface area (Å²) in [6, 6.07) is 7.30. The number of carbonyl (C=O) groups excluding carboxylic acids is 1. The highest BCUT2D eigenvalue weighted by atomic mass is 32.1. The van der Waals surface area contributed by atoms with E-state index in [9.17, 15) is 4.79 Å². The van der Waals surface area contributed by atoms with E-state index < -0.39 is 0 Å². The molecule has 1 N–H and O–H groups in total. The molecule has 3 aromatic rings. The van der Waals surface area contributed by atoms with Crippen LogP contribution in [0.15, 0.2) is 42.4 Å². The molecule has 0 radical (unpaired) electrons. The van der Waals surface area contributed by atoms with E-state index in [-0.39, 0.29) is 5.91 Å². The molecule has 0 aliphatic heterocycles. The van der Waals surface area contributed by atoms with Crippen molar-refractivity contribution in [2.24, 2.45) is 0 Å². The van der Waals surface area contributed by atoms with Gasteiger partial charge in [0.25, 0.3) is 5.91 Å². The van der Waals surface area contributed by atoms with Crippen LogP contribution in [0.25, 0.3) is 0 Å². The Balaban J connectivity index is 1.68. The maximum Gasteiger partial charge on any atom is 0.257 e. The Morgan fingerprint density at radius 1 is 1.30 bits per heavy atom. The number of rotatable bonds is 4. The molecule has 0 aliphatic rings. The summed E-state index contributed by atoms with van der Waals surface area (Å²) in [7, 11) is 0. The van der Waals surface area contributed by atoms with E-state index in [0.717, 1.165) is 5.56 Å². The van der Waals surface area contributed by atoms with Crippen LogP contribution in [0.2, 0.25) is 0 Å². The van der Waals surface area contributed by atoms with Gasteiger partial charge >= 0.3 is 0 Å². The lowest BCUT2D eigenvalue weighted by atomic mass is 10.1. The van der Waals surface area contributed by atoms with Gasteiger partial charge in [-0.1, -0.05) is 23.5 Å². The third-order valence-electron chi connectivity index (χ3n) is 2.61. The maximum atomic E-state index is 11.9. The Labute approximate surface area is 118 Å². The van der Waals surface area contributed by atoms with Gasteiger partial charge in [0.2, 0.25) is 5.13 Å². The average molecular weight is 286 g/mol. The Bertz CT molecular complexity index is 677. The van der Waals surface area contributed by atoms with E-state index in [4.69, 9.17) is 0 Å². The minimum absolute atomic E-state index is 0.200. The van der Waals surface area contributed by atoms with E-state index in [1.165, 1.54) is 17.7 Å². The third kappa shape index (κ3) is 2.86. The summed E-state index contributed by atoms with van der Waals surface area (Å²) in [6.07, 6.45) is 3.14. The molecule has 0 fully saturated rings. The van der Waals surface area contributed by atoms with Crippen LogP contribution >= 0.6 is 11.3 Å². The van der Waals surface area contributed by atoms with E-state index in [1.54, 1.807) is 28.7 Å². The SMILES string of the molecule is O=C(Nc1nncs1)c1ccc(Cn2cncn2)cc1. The Kier molecular flexibility index (Phi) is 3.46. The minimum atomic E-state index is -0.200. The van der Waals surface area contributed by atoms with Gasteiger partial charge in [-0.2, -0.15) is 5.10 Å². The number of amides is 1. The molecule has 0 atom stereocenters. The summed E-state index contributed by atoms with van der Waals surface area (Å²) in [4.78, 5) is 15.8. The summed E-state index contributed by atoms with van der Waals surface area (Å²) < 4.78 is 1.72. The van der Waals surface area contributed by atoms with Crippen molar-refractivity contribution in [3.8, 4) is 0 Å². The topological polar surface area (TPSA) is 85.6 Å². The molecule has 0 unspecified atom stereocenters. The summed E-state index contributed by atoms with van der Waals surface area (Å²) in [5, 5.41) is 14.6. The highest BCUT2D eigenvalue weighted by molar-refractivity contribution is 7.13. The Morgan fingerprint density at radius 2 is 2.15 bits per heavy atom. The highest BCUT2D eigenvalue weighted by Crippen LogP contribution is 2.11. The molecular formula is C12H10N6OS. The van der Waals surface area contributed by atoms with Gasteiger partial charge in [-0.05, 0) is 17.7 Å². The molecule has 0 bridgehead atoms. The molecule has 7 nitrogen and oxygen atoms in total. The Hall–Kier alpha value is -2.61. The molecule has 100 valence electrons. The normalized spacial score (nSPS) is 10.4. The predicted molar refractivity (Wildman–Crippen MR) is 73.4 cm³/mol. The van der Waals surface area contributed by atoms with E-state index in [1.807, 2.05) is 12.1 Å². The zero-order chi connectivity index (χ0) is 13.8. The largest absolute Gasteiger partial charge is 0.296 e. The van der Waals surface area contributed by atoms with Crippen LogP contribution < -0.4 is 5.32 Å². The fourth-order valence-electron chi connectivity index (χ4n) is 1.66. The smallest absolute Gasteiger partial charge is 0.257 e. The first-order valence-corrected chi connectivity index (χ1v) is 6.68. The van der Waals surface area contributed by atoms with Crippen LogP contribution in [0.4, 0.5) is 5.13 Å². The van der Waals surface area contributed by atoms with Gasteiger partial charge in [0, 0.05) is 5.56 Å². The van der Waals surface area contributed by atoms with Crippen LogP contribution in [-0.4, -0.2) is 30.9 Å². The van der Waals surface area contributed by atoms with Crippen molar-refractivity contribution in [2.75, 3.05) is 5.32 Å².